The van der Waals surface area contributed by atoms with E-state index in [9.17, 15) is 4.39 Å². The van der Waals surface area contributed by atoms with Gasteiger partial charge in [-0.3, -0.25) is 0 Å². The van der Waals surface area contributed by atoms with Crippen LogP contribution >= 0.6 is 0 Å². The molecule has 1 heterocycles. The number of nitrogen functional groups attached to an aromatic ring is 1. The maximum atomic E-state index is 13.1. The first-order chi connectivity index (χ1) is 8.25. The fraction of sp³-hybridized carbons (Fsp3) is 0. The molecule has 3 aromatic rings. The molecule has 0 bridgehead atoms. The van der Waals surface area contributed by atoms with E-state index in [0.717, 1.165) is 16.6 Å². The van der Waals surface area contributed by atoms with Crippen molar-refractivity contribution in [1.82, 2.24) is 9.78 Å². The molecule has 0 spiro atoms. The SMILES string of the molecule is Nc1cc(-n2ncc3ccccc32)ccc1F. The summed E-state index contributed by atoms with van der Waals surface area (Å²) in [5.74, 6) is -0.412. The Morgan fingerprint density at radius 2 is 1.94 bits per heavy atom. The highest BCUT2D eigenvalue weighted by atomic mass is 19.1. The quantitative estimate of drug-likeness (QED) is 0.649. The molecular weight excluding hydrogens is 217 g/mol. The Balaban J connectivity index is 2.24. The van der Waals surface area contributed by atoms with Crippen LogP contribution in [-0.2, 0) is 0 Å². The molecule has 0 saturated heterocycles. The van der Waals surface area contributed by atoms with Gasteiger partial charge in [0.2, 0.25) is 0 Å². The Labute approximate surface area is 97.3 Å². The fourth-order valence-corrected chi connectivity index (χ4v) is 1.84. The van der Waals surface area contributed by atoms with Crippen molar-refractivity contribution in [3.63, 3.8) is 0 Å². The fourth-order valence-electron chi connectivity index (χ4n) is 1.84. The summed E-state index contributed by atoms with van der Waals surface area (Å²) in [6.07, 6.45) is 1.77. The first kappa shape index (κ1) is 9.84. The van der Waals surface area contributed by atoms with E-state index in [0.29, 0.717) is 0 Å². The smallest absolute Gasteiger partial charge is 0.146 e. The maximum absolute atomic E-state index is 13.1. The van der Waals surface area contributed by atoms with Crippen molar-refractivity contribution in [2.75, 3.05) is 5.73 Å². The number of hydrogen-bond acceptors (Lipinski definition) is 2. The molecular formula is C13H10FN3. The number of anilines is 1. The average Bonchev–Trinajstić information content (AvgIpc) is 2.76. The van der Waals surface area contributed by atoms with E-state index in [1.165, 1.54) is 6.07 Å². The monoisotopic (exact) mass is 227 g/mol. The molecule has 0 aliphatic rings. The van der Waals surface area contributed by atoms with Crippen molar-refractivity contribution in [1.29, 1.82) is 0 Å². The lowest BCUT2D eigenvalue weighted by molar-refractivity contribution is 0.632. The largest absolute Gasteiger partial charge is 0.396 e. The number of nitrogens with zero attached hydrogens (tertiary/aromatic N) is 2. The molecule has 0 saturated carbocycles. The van der Waals surface area contributed by atoms with Crippen LogP contribution in [0.3, 0.4) is 0 Å². The number of hydrogen-bond donors (Lipinski definition) is 1. The number of nitrogens with two attached hydrogens (primary N) is 1. The third-order valence-electron chi connectivity index (χ3n) is 2.70. The van der Waals surface area contributed by atoms with Gasteiger partial charge < -0.3 is 5.73 Å². The van der Waals surface area contributed by atoms with E-state index < -0.39 is 5.82 Å². The second-order valence-electron chi connectivity index (χ2n) is 3.82. The highest BCUT2D eigenvalue weighted by Crippen LogP contribution is 2.20. The molecule has 0 unspecified atom stereocenters. The summed E-state index contributed by atoms with van der Waals surface area (Å²) in [7, 11) is 0. The van der Waals surface area contributed by atoms with Crippen LogP contribution in [0.1, 0.15) is 0 Å². The number of para-hydroxylation sites is 1. The lowest BCUT2D eigenvalue weighted by Gasteiger charge is -2.05. The van der Waals surface area contributed by atoms with Crippen LogP contribution in [0.15, 0.2) is 48.7 Å². The number of benzene rings is 2. The van der Waals surface area contributed by atoms with Gasteiger partial charge in [-0.1, -0.05) is 18.2 Å². The van der Waals surface area contributed by atoms with Crippen molar-refractivity contribution in [2.45, 2.75) is 0 Å². The molecule has 0 atom stereocenters. The van der Waals surface area contributed by atoms with Gasteiger partial charge in [0, 0.05) is 5.39 Å². The second-order valence-corrected chi connectivity index (χ2v) is 3.82. The number of halogens is 1. The van der Waals surface area contributed by atoms with Gasteiger partial charge in [0.1, 0.15) is 5.82 Å². The molecule has 0 fully saturated rings. The van der Waals surface area contributed by atoms with Gasteiger partial charge in [0.05, 0.1) is 23.1 Å². The van der Waals surface area contributed by atoms with Gasteiger partial charge in [-0.05, 0) is 24.3 Å². The lowest BCUT2D eigenvalue weighted by Crippen LogP contribution is -1.98. The van der Waals surface area contributed by atoms with Gasteiger partial charge in [0.25, 0.3) is 0 Å². The van der Waals surface area contributed by atoms with Crippen molar-refractivity contribution in [3.05, 3.63) is 54.5 Å². The summed E-state index contributed by atoms with van der Waals surface area (Å²) < 4.78 is 14.8. The third-order valence-corrected chi connectivity index (χ3v) is 2.70. The van der Waals surface area contributed by atoms with E-state index in [4.69, 9.17) is 5.73 Å². The molecule has 2 N–H and O–H groups in total. The van der Waals surface area contributed by atoms with Gasteiger partial charge in [0.15, 0.2) is 0 Å². The predicted octanol–water partition coefficient (Wildman–Crippen LogP) is 2.75. The van der Waals surface area contributed by atoms with Crippen molar-refractivity contribution >= 4 is 16.6 Å². The highest BCUT2D eigenvalue weighted by Gasteiger charge is 2.06. The molecule has 1 aromatic heterocycles. The number of rotatable bonds is 1. The third kappa shape index (κ3) is 1.54. The van der Waals surface area contributed by atoms with Crippen LogP contribution in [0, 0.1) is 5.82 Å². The van der Waals surface area contributed by atoms with Crippen molar-refractivity contribution in [2.24, 2.45) is 0 Å². The highest BCUT2D eigenvalue weighted by molar-refractivity contribution is 5.80. The molecule has 17 heavy (non-hydrogen) atoms. The predicted molar refractivity (Wildman–Crippen MR) is 65.4 cm³/mol. The van der Waals surface area contributed by atoms with Gasteiger partial charge in [-0.15, -0.1) is 0 Å². The lowest BCUT2D eigenvalue weighted by atomic mass is 10.2. The Bertz CT molecular complexity index is 688. The molecule has 84 valence electrons. The summed E-state index contributed by atoms with van der Waals surface area (Å²) >= 11 is 0. The van der Waals surface area contributed by atoms with Crippen molar-refractivity contribution < 1.29 is 4.39 Å². The summed E-state index contributed by atoms with van der Waals surface area (Å²) in [6, 6.07) is 12.4. The molecule has 0 aliphatic carbocycles. The molecule has 0 amide bonds. The van der Waals surface area contributed by atoms with Crippen LogP contribution < -0.4 is 5.73 Å². The van der Waals surface area contributed by atoms with Crippen LogP contribution in [-0.4, -0.2) is 9.78 Å². The van der Waals surface area contributed by atoms with E-state index in [-0.39, 0.29) is 5.69 Å². The minimum absolute atomic E-state index is 0.127. The molecule has 3 nitrogen and oxygen atoms in total. The summed E-state index contributed by atoms with van der Waals surface area (Å²) in [4.78, 5) is 0. The standard InChI is InChI=1S/C13H10FN3/c14-11-6-5-10(7-12(11)15)17-13-4-2-1-3-9(13)8-16-17/h1-8H,15H2. The average molecular weight is 227 g/mol. The van der Waals surface area contributed by atoms with Crippen LogP contribution in [0.5, 0.6) is 0 Å². The zero-order valence-corrected chi connectivity index (χ0v) is 8.97. The normalized spacial score (nSPS) is 10.9. The molecule has 0 radical (unpaired) electrons. The minimum Gasteiger partial charge on any atom is -0.396 e. The Hall–Kier alpha value is -2.36. The molecule has 4 heteroatoms. The van der Waals surface area contributed by atoms with Crippen LogP contribution in [0.25, 0.3) is 16.6 Å². The van der Waals surface area contributed by atoms with Gasteiger partial charge >= 0.3 is 0 Å². The molecule has 0 aliphatic heterocycles. The topological polar surface area (TPSA) is 43.8 Å². The molecule has 3 rings (SSSR count). The van der Waals surface area contributed by atoms with Gasteiger partial charge in [-0.2, -0.15) is 5.10 Å². The van der Waals surface area contributed by atoms with Crippen LogP contribution in [0.2, 0.25) is 0 Å². The zero-order chi connectivity index (χ0) is 11.8. The zero-order valence-electron chi connectivity index (χ0n) is 8.97. The van der Waals surface area contributed by atoms with E-state index in [1.54, 1.807) is 23.0 Å². The number of aromatic nitrogens is 2. The van der Waals surface area contributed by atoms with E-state index in [1.807, 2.05) is 24.3 Å². The summed E-state index contributed by atoms with van der Waals surface area (Å²) in [5.41, 5.74) is 7.41. The van der Waals surface area contributed by atoms with E-state index >= 15 is 0 Å². The van der Waals surface area contributed by atoms with Crippen molar-refractivity contribution in [3.8, 4) is 5.69 Å². The maximum Gasteiger partial charge on any atom is 0.146 e. The second kappa shape index (κ2) is 3.59. The minimum atomic E-state index is -0.412. The Morgan fingerprint density at radius 3 is 2.76 bits per heavy atom. The Morgan fingerprint density at radius 1 is 1.12 bits per heavy atom. The summed E-state index contributed by atoms with van der Waals surface area (Å²) in [6.45, 7) is 0. The first-order valence-electron chi connectivity index (χ1n) is 5.24. The number of fused-ring (bicyclic) bond motifs is 1. The summed E-state index contributed by atoms with van der Waals surface area (Å²) in [5, 5.41) is 5.31. The first-order valence-corrected chi connectivity index (χ1v) is 5.24. The molecule has 2 aromatic carbocycles. The Kier molecular flexibility index (Phi) is 2.08. The van der Waals surface area contributed by atoms with Crippen LogP contribution in [0.4, 0.5) is 10.1 Å². The van der Waals surface area contributed by atoms with Gasteiger partial charge in [-0.25, -0.2) is 9.07 Å². The van der Waals surface area contributed by atoms with E-state index in [2.05, 4.69) is 5.10 Å².